The number of carbonyl (C=O) groups is 1. The van der Waals surface area contributed by atoms with Crippen molar-refractivity contribution in [2.24, 2.45) is 11.3 Å². The molecule has 0 spiro atoms. The maximum atomic E-state index is 12.5. The maximum Gasteiger partial charge on any atom is 0.393 e. The van der Waals surface area contributed by atoms with Crippen LogP contribution in [-0.2, 0) is 4.79 Å². The molecule has 6 heteroatoms. The van der Waals surface area contributed by atoms with Crippen molar-refractivity contribution < 1.29 is 18.0 Å². The van der Waals surface area contributed by atoms with Gasteiger partial charge in [0.15, 0.2) is 0 Å². The van der Waals surface area contributed by atoms with Crippen molar-refractivity contribution in [2.75, 3.05) is 20.1 Å². The van der Waals surface area contributed by atoms with Gasteiger partial charge in [-0.25, -0.2) is 0 Å². The number of hydrogen-bond acceptors (Lipinski definition) is 2. The fourth-order valence-corrected chi connectivity index (χ4v) is 2.40. The van der Waals surface area contributed by atoms with Crippen LogP contribution in [0.25, 0.3) is 0 Å². The summed E-state index contributed by atoms with van der Waals surface area (Å²) in [6.45, 7) is 6.48. The van der Waals surface area contributed by atoms with E-state index in [1.807, 2.05) is 20.8 Å². The van der Waals surface area contributed by atoms with Gasteiger partial charge >= 0.3 is 6.18 Å². The smallest absolute Gasteiger partial charge is 0.344 e. The molecule has 2 atom stereocenters. The SMILES string of the molecule is CN(CC(C)(C)C)C(=O)C1CCC(C(F)(F)F)CN1. The lowest BCUT2D eigenvalue weighted by molar-refractivity contribution is -0.180. The Hall–Kier alpha value is -0.780. The molecule has 1 aliphatic heterocycles. The highest BCUT2D eigenvalue weighted by Crippen LogP contribution is 2.32. The van der Waals surface area contributed by atoms with Crippen LogP contribution in [0.5, 0.6) is 0 Å². The number of piperidine rings is 1. The fourth-order valence-electron chi connectivity index (χ4n) is 2.40. The van der Waals surface area contributed by atoms with Crippen molar-refractivity contribution in [3.8, 4) is 0 Å². The lowest BCUT2D eigenvalue weighted by atomic mass is 9.92. The summed E-state index contributed by atoms with van der Waals surface area (Å²) in [7, 11) is 1.70. The molecule has 0 saturated carbocycles. The van der Waals surface area contributed by atoms with Crippen molar-refractivity contribution in [3.63, 3.8) is 0 Å². The highest BCUT2D eigenvalue weighted by molar-refractivity contribution is 5.81. The minimum Gasteiger partial charge on any atom is -0.344 e. The van der Waals surface area contributed by atoms with Gasteiger partial charge in [-0.15, -0.1) is 0 Å². The van der Waals surface area contributed by atoms with Crippen LogP contribution in [0.4, 0.5) is 13.2 Å². The van der Waals surface area contributed by atoms with Crippen molar-refractivity contribution in [1.29, 1.82) is 0 Å². The third-order valence-corrected chi connectivity index (χ3v) is 3.26. The van der Waals surface area contributed by atoms with Gasteiger partial charge in [0.2, 0.25) is 5.91 Å². The third kappa shape index (κ3) is 5.01. The molecule has 19 heavy (non-hydrogen) atoms. The van der Waals surface area contributed by atoms with E-state index in [0.29, 0.717) is 6.54 Å². The summed E-state index contributed by atoms with van der Waals surface area (Å²) in [6.07, 6.45) is -3.90. The van der Waals surface area contributed by atoms with Crippen molar-refractivity contribution in [3.05, 3.63) is 0 Å². The van der Waals surface area contributed by atoms with Crippen LogP contribution in [-0.4, -0.2) is 43.2 Å². The lowest BCUT2D eigenvalue weighted by Gasteiger charge is -2.34. The van der Waals surface area contributed by atoms with E-state index in [2.05, 4.69) is 5.32 Å². The predicted octanol–water partition coefficient (Wildman–Crippen LogP) is 2.42. The van der Waals surface area contributed by atoms with Crippen LogP contribution in [0.15, 0.2) is 0 Å². The molecule has 1 heterocycles. The van der Waals surface area contributed by atoms with Gasteiger partial charge in [-0.05, 0) is 18.3 Å². The van der Waals surface area contributed by atoms with Gasteiger partial charge in [-0.3, -0.25) is 4.79 Å². The Bertz CT molecular complexity index is 315. The Kier molecular flexibility index (Phi) is 4.87. The molecule has 0 aromatic carbocycles. The van der Waals surface area contributed by atoms with E-state index < -0.39 is 18.1 Å². The third-order valence-electron chi connectivity index (χ3n) is 3.26. The van der Waals surface area contributed by atoms with Gasteiger partial charge in [-0.2, -0.15) is 13.2 Å². The van der Waals surface area contributed by atoms with E-state index in [-0.39, 0.29) is 30.7 Å². The van der Waals surface area contributed by atoms with Gasteiger partial charge in [0.1, 0.15) is 0 Å². The Labute approximate surface area is 112 Å². The minimum absolute atomic E-state index is 0.0203. The molecule has 0 radical (unpaired) electrons. The summed E-state index contributed by atoms with van der Waals surface area (Å²) in [5, 5.41) is 2.73. The fraction of sp³-hybridized carbons (Fsp3) is 0.923. The highest BCUT2D eigenvalue weighted by Gasteiger charge is 2.42. The molecule has 1 rings (SSSR count). The number of amides is 1. The van der Waals surface area contributed by atoms with Crippen molar-refractivity contribution >= 4 is 5.91 Å². The molecular weight excluding hydrogens is 257 g/mol. The molecule has 0 aromatic heterocycles. The largest absolute Gasteiger partial charge is 0.393 e. The zero-order chi connectivity index (χ0) is 14.8. The molecule has 1 N–H and O–H groups in total. The summed E-state index contributed by atoms with van der Waals surface area (Å²) in [5.74, 6) is -1.44. The molecule has 1 amide bonds. The van der Waals surface area contributed by atoms with E-state index in [1.165, 1.54) is 0 Å². The van der Waals surface area contributed by atoms with Crippen LogP contribution in [0, 0.1) is 11.3 Å². The number of rotatable bonds is 2. The summed E-state index contributed by atoms with van der Waals surface area (Å²) in [6, 6.07) is -0.481. The van der Waals surface area contributed by atoms with Gasteiger partial charge in [0.25, 0.3) is 0 Å². The number of halogens is 3. The topological polar surface area (TPSA) is 32.3 Å². The quantitative estimate of drug-likeness (QED) is 0.842. The first-order valence-electron chi connectivity index (χ1n) is 6.56. The molecule has 1 aliphatic rings. The van der Waals surface area contributed by atoms with Crippen LogP contribution >= 0.6 is 0 Å². The Morgan fingerprint density at radius 2 is 1.84 bits per heavy atom. The van der Waals surface area contributed by atoms with E-state index in [4.69, 9.17) is 0 Å². The summed E-state index contributed by atoms with van der Waals surface area (Å²) in [4.78, 5) is 13.7. The zero-order valence-electron chi connectivity index (χ0n) is 12.0. The maximum absolute atomic E-state index is 12.5. The van der Waals surface area contributed by atoms with E-state index in [1.54, 1.807) is 11.9 Å². The first kappa shape index (κ1) is 16.3. The number of hydrogen-bond donors (Lipinski definition) is 1. The molecule has 2 unspecified atom stereocenters. The Morgan fingerprint density at radius 3 is 2.21 bits per heavy atom. The van der Waals surface area contributed by atoms with E-state index >= 15 is 0 Å². The van der Waals surface area contributed by atoms with E-state index in [9.17, 15) is 18.0 Å². The van der Waals surface area contributed by atoms with Gasteiger partial charge < -0.3 is 10.2 Å². The molecule has 0 aromatic rings. The summed E-state index contributed by atoms with van der Waals surface area (Å²) < 4.78 is 37.5. The predicted molar refractivity (Wildman–Crippen MR) is 67.7 cm³/mol. The number of nitrogens with one attached hydrogen (secondary N) is 1. The van der Waals surface area contributed by atoms with Crippen molar-refractivity contribution in [1.82, 2.24) is 10.2 Å². The Morgan fingerprint density at radius 1 is 1.26 bits per heavy atom. The average molecular weight is 280 g/mol. The number of alkyl halides is 3. The van der Waals surface area contributed by atoms with Gasteiger partial charge in [0, 0.05) is 20.1 Å². The normalized spacial score (nSPS) is 25.2. The summed E-state index contributed by atoms with van der Waals surface area (Å²) in [5.41, 5.74) is -0.0203. The molecule has 1 fully saturated rings. The standard InChI is InChI=1S/C13H23F3N2O/c1-12(2,3)8-18(4)11(19)10-6-5-9(7-17-10)13(14,15)16/h9-10,17H,5-8H2,1-4H3. The van der Waals surface area contributed by atoms with Gasteiger partial charge in [0.05, 0.1) is 12.0 Å². The number of carbonyl (C=O) groups excluding carboxylic acids is 1. The van der Waals surface area contributed by atoms with Crippen LogP contribution in [0.1, 0.15) is 33.6 Å². The first-order chi connectivity index (χ1) is 8.50. The van der Waals surface area contributed by atoms with Crippen LogP contribution in [0.2, 0.25) is 0 Å². The Balaban J connectivity index is 2.49. The second kappa shape index (κ2) is 5.69. The zero-order valence-corrected chi connectivity index (χ0v) is 12.0. The molecule has 112 valence electrons. The second-order valence-corrected chi connectivity index (χ2v) is 6.53. The number of likely N-dealkylation sites (N-methyl/N-ethyl adjacent to an activating group) is 1. The van der Waals surface area contributed by atoms with Gasteiger partial charge in [-0.1, -0.05) is 20.8 Å². The van der Waals surface area contributed by atoms with E-state index in [0.717, 1.165) is 0 Å². The molecule has 1 saturated heterocycles. The highest BCUT2D eigenvalue weighted by atomic mass is 19.4. The molecule has 0 aliphatic carbocycles. The van der Waals surface area contributed by atoms with Crippen LogP contribution < -0.4 is 5.32 Å². The summed E-state index contributed by atoms with van der Waals surface area (Å²) >= 11 is 0. The molecule has 0 bridgehead atoms. The molecule has 3 nitrogen and oxygen atoms in total. The lowest BCUT2D eigenvalue weighted by Crippen LogP contribution is -2.52. The van der Waals surface area contributed by atoms with Crippen LogP contribution in [0.3, 0.4) is 0 Å². The molecular formula is C13H23F3N2O. The monoisotopic (exact) mass is 280 g/mol. The minimum atomic E-state index is -4.17. The number of nitrogens with zero attached hydrogens (tertiary/aromatic N) is 1. The first-order valence-corrected chi connectivity index (χ1v) is 6.56. The average Bonchev–Trinajstić information content (AvgIpc) is 2.24. The second-order valence-electron chi connectivity index (χ2n) is 6.53. The van der Waals surface area contributed by atoms with Crippen molar-refractivity contribution in [2.45, 2.75) is 45.8 Å².